The molecule has 0 heterocycles. The van der Waals surface area contributed by atoms with E-state index < -0.39 is 20.0 Å². The first-order valence-electron chi connectivity index (χ1n) is 31.0. The van der Waals surface area contributed by atoms with Gasteiger partial charge in [0.25, 0.3) is 0 Å². The number of amides is 1. The molecule has 0 spiro atoms. The molecule has 0 aromatic rings. The summed E-state index contributed by atoms with van der Waals surface area (Å²) in [6.45, 7) is 7.00. The normalized spacial score (nSPS) is 14.0. The Morgan fingerprint density at radius 3 is 1.27 bits per heavy atom. The van der Waals surface area contributed by atoms with Gasteiger partial charge in [0, 0.05) is 12.8 Å². The van der Waals surface area contributed by atoms with Gasteiger partial charge < -0.3 is 19.4 Å². The Morgan fingerprint density at radius 1 is 0.479 bits per heavy atom. The molecule has 73 heavy (non-hydrogen) atoms. The van der Waals surface area contributed by atoms with Crippen LogP contribution in [0.3, 0.4) is 0 Å². The number of likely N-dealkylation sites (N-methyl/N-ethyl adjacent to an activating group) is 1. The van der Waals surface area contributed by atoms with Crippen LogP contribution in [0.15, 0.2) is 48.6 Å². The van der Waals surface area contributed by atoms with E-state index in [1.54, 1.807) is 0 Å². The molecule has 0 aromatic heterocycles. The lowest BCUT2D eigenvalue weighted by Gasteiger charge is -2.27. The molecule has 0 aliphatic heterocycles. The number of carbonyl (C=O) groups is 2. The third kappa shape index (κ3) is 54.6. The van der Waals surface area contributed by atoms with Crippen molar-refractivity contribution < 1.29 is 37.3 Å². The maximum atomic E-state index is 13.5. The number of phosphoric acid groups is 1. The number of nitrogens with one attached hydrogen (secondary N) is 1. The lowest BCUT2D eigenvalue weighted by Crippen LogP contribution is -2.47. The first-order valence-corrected chi connectivity index (χ1v) is 32.5. The van der Waals surface area contributed by atoms with Crippen molar-refractivity contribution in [3.8, 4) is 0 Å². The van der Waals surface area contributed by atoms with Crippen LogP contribution in [0.1, 0.15) is 290 Å². The van der Waals surface area contributed by atoms with Crippen LogP contribution in [0.5, 0.6) is 0 Å². The maximum absolute atomic E-state index is 13.5. The smallest absolute Gasteiger partial charge is 0.456 e. The molecule has 0 fully saturated rings. The maximum Gasteiger partial charge on any atom is 0.472 e. The summed E-state index contributed by atoms with van der Waals surface area (Å²) in [6, 6.07) is -0.846. The second kappa shape index (κ2) is 53.4. The SMILES string of the molecule is CCCCC/C=C\C/C=C\C/C=C\CCCCCCCCCCCCC(=O)OC(/C=C\CCCCCCCCCCCCC)C(COP(=O)(O)OCC[N+](C)(C)C)NC(=O)CCCCCCCCCCCCC. The lowest BCUT2D eigenvalue weighted by atomic mass is 10.0. The second-order valence-corrected chi connectivity index (χ2v) is 23.7. The Hall–Kier alpha value is -2.03. The van der Waals surface area contributed by atoms with Crippen molar-refractivity contribution in [2.75, 3.05) is 40.9 Å². The summed E-state index contributed by atoms with van der Waals surface area (Å²) in [4.78, 5) is 37.6. The van der Waals surface area contributed by atoms with Crippen LogP contribution in [0.25, 0.3) is 0 Å². The monoisotopic (exact) mass is 1050 g/mol. The molecule has 1 amide bonds. The zero-order valence-electron chi connectivity index (χ0n) is 48.9. The minimum atomic E-state index is -4.44. The standard InChI is InChI=1S/C63H119N2O7P/c1-7-10-13-16-19-22-25-27-28-29-30-31-32-33-34-35-36-38-41-44-47-50-53-56-63(67)72-61(54-51-48-45-42-40-37-26-23-20-17-14-11-8-2)60(59-71-73(68,69)70-58-57-65(4,5)6)64-62(66)55-52-49-46-43-39-24-21-18-15-12-9-3/h19,22,27-28,30-31,51,54,60-61H,7-18,20-21,23-26,29,32-50,52-53,55-59H2,1-6H3,(H-,64,66,68,69)/p+1/b22-19-,28-27-,31-30-,54-51-. The molecule has 0 aromatic carbocycles. The molecular formula is C63H120N2O7P+. The number of carbonyl (C=O) groups excluding carboxylic acids is 2. The second-order valence-electron chi connectivity index (χ2n) is 22.2. The molecule has 0 radical (unpaired) electrons. The lowest BCUT2D eigenvalue weighted by molar-refractivity contribution is -0.870. The minimum Gasteiger partial charge on any atom is -0.456 e. The van der Waals surface area contributed by atoms with Crippen molar-refractivity contribution in [1.29, 1.82) is 0 Å². The van der Waals surface area contributed by atoms with E-state index in [9.17, 15) is 19.0 Å². The highest BCUT2D eigenvalue weighted by Gasteiger charge is 2.30. The largest absolute Gasteiger partial charge is 0.472 e. The van der Waals surface area contributed by atoms with Crippen LogP contribution in [0.4, 0.5) is 0 Å². The molecule has 3 unspecified atom stereocenters. The molecule has 0 saturated heterocycles. The van der Waals surface area contributed by atoms with E-state index in [0.717, 1.165) is 70.6 Å². The average molecular weight is 1050 g/mol. The van der Waals surface area contributed by atoms with Crippen molar-refractivity contribution >= 4 is 19.7 Å². The van der Waals surface area contributed by atoms with E-state index in [4.69, 9.17) is 13.8 Å². The predicted molar refractivity (Wildman–Crippen MR) is 314 cm³/mol. The molecule has 0 aliphatic rings. The number of phosphoric ester groups is 1. The van der Waals surface area contributed by atoms with Crippen LogP contribution in [0, 0.1) is 0 Å². The van der Waals surface area contributed by atoms with Gasteiger partial charge in [0.1, 0.15) is 19.3 Å². The quantitative estimate of drug-likeness (QED) is 0.0205. The van der Waals surface area contributed by atoms with Crippen molar-refractivity contribution in [2.45, 2.75) is 303 Å². The summed E-state index contributed by atoms with van der Waals surface area (Å²) in [5.41, 5.74) is 0. The highest BCUT2D eigenvalue weighted by Crippen LogP contribution is 2.43. The van der Waals surface area contributed by atoms with Gasteiger partial charge in [-0.15, -0.1) is 0 Å². The van der Waals surface area contributed by atoms with E-state index in [1.165, 1.54) is 186 Å². The van der Waals surface area contributed by atoms with Gasteiger partial charge in [0.05, 0.1) is 33.8 Å². The molecule has 10 heteroatoms. The molecule has 3 atom stereocenters. The minimum absolute atomic E-state index is 0.0409. The number of esters is 1. The fourth-order valence-electron chi connectivity index (χ4n) is 8.95. The van der Waals surface area contributed by atoms with Crippen LogP contribution < -0.4 is 5.32 Å². The number of unbranched alkanes of at least 4 members (excludes halogenated alkanes) is 34. The average Bonchev–Trinajstić information content (AvgIpc) is 3.35. The topological polar surface area (TPSA) is 111 Å². The molecule has 428 valence electrons. The van der Waals surface area contributed by atoms with E-state index >= 15 is 0 Å². The zero-order valence-corrected chi connectivity index (χ0v) is 49.8. The van der Waals surface area contributed by atoms with Crippen molar-refractivity contribution in [2.24, 2.45) is 0 Å². The highest BCUT2D eigenvalue weighted by atomic mass is 31.2. The third-order valence-corrected chi connectivity index (χ3v) is 14.8. The number of rotatable bonds is 56. The molecule has 2 N–H and O–H groups in total. The Labute approximate surface area is 452 Å². The Balaban J connectivity index is 5.16. The number of allylic oxidation sites excluding steroid dienone is 7. The highest BCUT2D eigenvalue weighted by molar-refractivity contribution is 7.47. The van der Waals surface area contributed by atoms with Crippen LogP contribution in [-0.2, 0) is 27.9 Å². The Bertz CT molecular complexity index is 1390. The van der Waals surface area contributed by atoms with Gasteiger partial charge in [-0.05, 0) is 70.3 Å². The van der Waals surface area contributed by atoms with Crippen LogP contribution >= 0.6 is 7.82 Å². The summed E-state index contributed by atoms with van der Waals surface area (Å²) in [6.07, 6.45) is 65.3. The molecule has 0 saturated carbocycles. The summed E-state index contributed by atoms with van der Waals surface area (Å²) in [7, 11) is 1.50. The molecule has 0 rings (SSSR count). The molecule has 9 nitrogen and oxygen atoms in total. The number of quaternary nitrogens is 1. The van der Waals surface area contributed by atoms with Crippen molar-refractivity contribution in [3.63, 3.8) is 0 Å². The molecule has 0 bridgehead atoms. The van der Waals surface area contributed by atoms with Crippen molar-refractivity contribution in [3.05, 3.63) is 48.6 Å². The number of nitrogens with zero attached hydrogens (tertiary/aromatic N) is 1. The fourth-order valence-corrected chi connectivity index (χ4v) is 9.68. The first-order chi connectivity index (χ1) is 35.4. The number of ether oxygens (including phenoxy) is 1. The van der Waals surface area contributed by atoms with Crippen LogP contribution in [0.2, 0.25) is 0 Å². The zero-order chi connectivity index (χ0) is 53.6. The number of hydrogen-bond donors (Lipinski definition) is 2. The van der Waals surface area contributed by atoms with Gasteiger partial charge in [0.15, 0.2) is 0 Å². The van der Waals surface area contributed by atoms with Gasteiger partial charge in [-0.2, -0.15) is 0 Å². The summed E-state index contributed by atoms with van der Waals surface area (Å²) in [5.74, 6) is -0.501. The van der Waals surface area contributed by atoms with Crippen molar-refractivity contribution in [1.82, 2.24) is 5.32 Å². The number of hydrogen-bond acceptors (Lipinski definition) is 6. The summed E-state index contributed by atoms with van der Waals surface area (Å²) in [5, 5.41) is 3.05. The Kier molecular flexibility index (Phi) is 51.9. The van der Waals surface area contributed by atoms with E-state index in [2.05, 4.69) is 62.5 Å². The summed E-state index contributed by atoms with van der Waals surface area (Å²) < 4.78 is 30.7. The van der Waals surface area contributed by atoms with E-state index in [-0.39, 0.29) is 31.5 Å². The van der Waals surface area contributed by atoms with Gasteiger partial charge in [-0.3, -0.25) is 18.6 Å². The molecular weight excluding hydrogens is 928 g/mol. The van der Waals surface area contributed by atoms with Gasteiger partial charge in [-0.1, -0.05) is 256 Å². The predicted octanol–water partition coefficient (Wildman–Crippen LogP) is 18.9. The first kappa shape index (κ1) is 71.0. The van der Waals surface area contributed by atoms with Gasteiger partial charge in [0.2, 0.25) is 5.91 Å². The summed E-state index contributed by atoms with van der Waals surface area (Å²) >= 11 is 0. The van der Waals surface area contributed by atoms with Gasteiger partial charge in [-0.25, -0.2) is 4.57 Å². The molecule has 0 aliphatic carbocycles. The third-order valence-electron chi connectivity index (χ3n) is 13.8. The fraction of sp³-hybridized carbons (Fsp3) is 0.841. The van der Waals surface area contributed by atoms with Crippen LogP contribution in [-0.4, -0.2) is 74.3 Å². The van der Waals surface area contributed by atoms with E-state index in [0.29, 0.717) is 17.4 Å². The van der Waals surface area contributed by atoms with Gasteiger partial charge >= 0.3 is 13.8 Å². The Morgan fingerprint density at radius 2 is 0.836 bits per heavy atom. The van der Waals surface area contributed by atoms with E-state index in [1.807, 2.05) is 33.3 Å².